The molecule has 0 spiro atoms. The first-order valence-electron chi connectivity index (χ1n) is 6.16. The summed E-state index contributed by atoms with van der Waals surface area (Å²) in [4.78, 5) is 0. The Morgan fingerprint density at radius 1 is 1.26 bits per heavy atom. The number of hydrogen-bond acceptors (Lipinski definition) is 4. The average Bonchev–Trinajstić information content (AvgIpc) is 2.69. The number of hydrogen-bond donors (Lipinski definition) is 1. The minimum Gasteiger partial charge on any atom is -0.345 e. The fraction of sp³-hybridized carbons (Fsp3) is 0.333. The molecule has 0 aliphatic heterocycles. The Bertz CT molecular complexity index is 630. The van der Waals surface area contributed by atoms with Crippen molar-refractivity contribution in [2.75, 3.05) is 5.32 Å². The number of nitriles is 1. The van der Waals surface area contributed by atoms with Crippen LogP contribution in [0.2, 0.25) is 0 Å². The number of nitrogens with one attached hydrogen (secondary N) is 1. The van der Waals surface area contributed by atoms with Crippen LogP contribution in [0.15, 0.2) is 24.3 Å². The first kappa shape index (κ1) is 13.6. The molecule has 2 rings (SSSR count). The second-order valence-corrected chi connectivity index (χ2v) is 6.28. The van der Waals surface area contributed by atoms with Crippen LogP contribution in [0.3, 0.4) is 0 Å². The van der Waals surface area contributed by atoms with Crippen molar-refractivity contribution in [1.29, 1.82) is 5.26 Å². The van der Waals surface area contributed by atoms with Crippen molar-refractivity contribution in [3.63, 3.8) is 0 Å². The zero-order valence-corrected chi connectivity index (χ0v) is 12.4. The van der Waals surface area contributed by atoms with Gasteiger partial charge in [0.05, 0.1) is 5.69 Å². The predicted molar refractivity (Wildman–Crippen MR) is 80.0 cm³/mol. The van der Waals surface area contributed by atoms with E-state index in [-0.39, 0.29) is 5.41 Å². The molecule has 0 aliphatic carbocycles. The standard InChI is InChI=1S/C15H17N3S/c1-10-11(9-16)14(19-18-10)17-13-8-6-5-7-12(13)15(2,3)4/h5-8,17H,1-4H3. The van der Waals surface area contributed by atoms with Crippen molar-refractivity contribution in [1.82, 2.24) is 4.37 Å². The third-order valence-corrected chi connectivity index (χ3v) is 3.81. The molecule has 0 bridgehead atoms. The Balaban J connectivity index is 2.42. The van der Waals surface area contributed by atoms with Crippen molar-refractivity contribution < 1.29 is 0 Å². The predicted octanol–water partition coefficient (Wildman–Crippen LogP) is 4.36. The number of benzene rings is 1. The van der Waals surface area contributed by atoms with E-state index in [9.17, 15) is 5.26 Å². The van der Waals surface area contributed by atoms with Crippen molar-refractivity contribution >= 4 is 22.2 Å². The first-order chi connectivity index (χ1) is 8.93. The maximum atomic E-state index is 9.17. The van der Waals surface area contributed by atoms with E-state index in [0.717, 1.165) is 16.4 Å². The lowest BCUT2D eigenvalue weighted by Gasteiger charge is -2.23. The van der Waals surface area contributed by atoms with Crippen LogP contribution in [0.4, 0.5) is 10.7 Å². The van der Waals surface area contributed by atoms with E-state index in [2.05, 4.69) is 42.6 Å². The number of aromatic nitrogens is 1. The van der Waals surface area contributed by atoms with Gasteiger partial charge in [0.2, 0.25) is 0 Å². The smallest absolute Gasteiger partial charge is 0.132 e. The normalized spacial score (nSPS) is 11.1. The molecule has 0 unspecified atom stereocenters. The molecule has 1 aromatic carbocycles. The van der Waals surface area contributed by atoms with Gasteiger partial charge in [-0.3, -0.25) is 0 Å². The van der Waals surface area contributed by atoms with Gasteiger partial charge in [-0.25, -0.2) is 0 Å². The molecule has 0 atom stereocenters. The van der Waals surface area contributed by atoms with Gasteiger partial charge in [-0.1, -0.05) is 39.0 Å². The van der Waals surface area contributed by atoms with Crippen LogP contribution in [-0.2, 0) is 5.41 Å². The van der Waals surface area contributed by atoms with E-state index in [1.54, 1.807) is 0 Å². The van der Waals surface area contributed by atoms with Crippen molar-refractivity contribution in [2.24, 2.45) is 0 Å². The Labute approximate surface area is 118 Å². The summed E-state index contributed by atoms with van der Waals surface area (Å²) in [6.07, 6.45) is 0. The van der Waals surface area contributed by atoms with E-state index >= 15 is 0 Å². The van der Waals surface area contributed by atoms with E-state index < -0.39 is 0 Å². The minimum absolute atomic E-state index is 0.0517. The molecule has 0 fully saturated rings. The second kappa shape index (κ2) is 5.02. The van der Waals surface area contributed by atoms with Gasteiger partial charge in [0.1, 0.15) is 16.6 Å². The third-order valence-electron chi connectivity index (χ3n) is 2.96. The molecule has 0 aliphatic rings. The van der Waals surface area contributed by atoms with Crippen molar-refractivity contribution in [3.8, 4) is 6.07 Å². The highest BCUT2D eigenvalue weighted by Gasteiger charge is 2.19. The number of aryl methyl sites for hydroxylation is 1. The highest BCUT2D eigenvalue weighted by Crippen LogP contribution is 2.34. The number of para-hydroxylation sites is 1. The molecule has 19 heavy (non-hydrogen) atoms. The third kappa shape index (κ3) is 2.77. The van der Waals surface area contributed by atoms with Gasteiger partial charge < -0.3 is 5.32 Å². The summed E-state index contributed by atoms with van der Waals surface area (Å²) in [5.74, 6) is 0. The van der Waals surface area contributed by atoms with E-state index in [4.69, 9.17) is 0 Å². The molecule has 1 aromatic heterocycles. The molecule has 0 saturated carbocycles. The first-order valence-corrected chi connectivity index (χ1v) is 6.93. The molecular formula is C15H17N3S. The lowest BCUT2D eigenvalue weighted by atomic mass is 9.86. The van der Waals surface area contributed by atoms with Gasteiger partial charge in [0, 0.05) is 5.69 Å². The average molecular weight is 271 g/mol. The van der Waals surface area contributed by atoms with Crippen LogP contribution in [0.1, 0.15) is 37.6 Å². The Hall–Kier alpha value is -1.86. The van der Waals surface area contributed by atoms with Gasteiger partial charge >= 0.3 is 0 Å². The van der Waals surface area contributed by atoms with Gasteiger partial charge in [0.15, 0.2) is 0 Å². The van der Waals surface area contributed by atoms with Crippen molar-refractivity contribution in [3.05, 3.63) is 41.1 Å². The van der Waals surface area contributed by atoms with Gasteiger partial charge in [0.25, 0.3) is 0 Å². The number of anilines is 2. The van der Waals surface area contributed by atoms with Crippen LogP contribution in [0, 0.1) is 18.3 Å². The molecule has 4 heteroatoms. The molecule has 2 aromatic rings. The summed E-state index contributed by atoms with van der Waals surface area (Å²) >= 11 is 1.33. The Morgan fingerprint density at radius 3 is 2.58 bits per heavy atom. The minimum atomic E-state index is 0.0517. The molecule has 1 N–H and O–H groups in total. The fourth-order valence-corrected chi connectivity index (χ4v) is 2.71. The van der Waals surface area contributed by atoms with Gasteiger partial charge in [-0.2, -0.15) is 9.64 Å². The quantitative estimate of drug-likeness (QED) is 0.882. The number of nitrogens with zero attached hydrogens (tertiary/aromatic N) is 2. The van der Waals surface area contributed by atoms with E-state index in [1.165, 1.54) is 17.1 Å². The second-order valence-electron chi connectivity index (χ2n) is 5.50. The van der Waals surface area contributed by atoms with Crippen LogP contribution in [0.5, 0.6) is 0 Å². The molecule has 0 amide bonds. The molecule has 0 saturated heterocycles. The Kier molecular flexibility index (Phi) is 3.59. The zero-order valence-electron chi connectivity index (χ0n) is 11.6. The topological polar surface area (TPSA) is 48.7 Å². The largest absolute Gasteiger partial charge is 0.345 e. The molecule has 1 heterocycles. The summed E-state index contributed by atoms with van der Waals surface area (Å²) in [7, 11) is 0. The maximum absolute atomic E-state index is 9.17. The maximum Gasteiger partial charge on any atom is 0.132 e. The molecule has 98 valence electrons. The van der Waals surface area contributed by atoms with Crippen LogP contribution >= 0.6 is 11.5 Å². The van der Waals surface area contributed by atoms with E-state index in [1.807, 2.05) is 25.1 Å². The highest BCUT2D eigenvalue weighted by atomic mass is 32.1. The summed E-state index contributed by atoms with van der Waals surface area (Å²) in [5.41, 5.74) is 3.73. The Morgan fingerprint density at radius 2 is 1.95 bits per heavy atom. The lowest BCUT2D eigenvalue weighted by molar-refractivity contribution is 0.592. The van der Waals surface area contributed by atoms with Gasteiger partial charge in [-0.15, -0.1) is 0 Å². The van der Waals surface area contributed by atoms with E-state index in [0.29, 0.717) is 5.56 Å². The number of rotatable bonds is 2. The monoisotopic (exact) mass is 271 g/mol. The lowest BCUT2D eigenvalue weighted by Crippen LogP contribution is -2.13. The zero-order chi connectivity index (χ0) is 14.0. The summed E-state index contributed by atoms with van der Waals surface area (Å²) in [6, 6.07) is 10.4. The summed E-state index contributed by atoms with van der Waals surface area (Å²) in [6.45, 7) is 8.39. The molecule has 0 radical (unpaired) electrons. The molecular weight excluding hydrogens is 254 g/mol. The van der Waals surface area contributed by atoms with Gasteiger partial charge in [-0.05, 0) is 35.5 Å². The van der Waals surface area contributed by atoms with Crippen LogP contribution < -0.4 is 5.32 Å². The fourth-order valence-electron chi connectivity index (χ4n) is 1.96. The SMILES string of the molecule is Cc1nsc(Nc2ccccc2C(C)(C)C)c1C#N. The summed E-state index contributed by atoms with van der Waals surface area (Å²) < 4.78 is 4.23. The molecule has 3 nitrogen and oxygen atoms in total. The summed E-state index contributed by atoms with van der Waals surface area (Å²) in [5, 5.41) is 13.3. The van der Waals surface area contributed by atoms with Crippen molar-refractivity contribution in [2.45, 2.75) is 33.1 Å². The van der Waals surface area contributed by atoms with Crippen LogP contribution in [-0.4, -0.2) is 4.37 Å². The van der Waals surface area contributed by atoms with Crippen LogP contribution in [0.25, 0.3) is 0 Å². The highest BCUT2D eigenvalue weighted by molar-refractivity contribution is 7.10.